The maximum atomic E-state index is 4.58. The second-order valence-electron chi connectivity index (χ2n) is 6.22. The molecule has 19 heavy (non-hydrogen) atoms. The van der Waals surface area contributed by atoms with Gasteiger partial charge in [-0.3, -0.25) is 15.4 Å². The Morgan fingerprint density at radius 2 is 2.11 bits per heavy atom. The van der Waals surface area contributed by atoms with E-state index in [-0.39, 0.29) is 0 Å². The normalized spacial score (nSPS) is 27.6. The highest BCUT2D eigenvalue weighted by atomic mass is 15.5. The van der Waals surface area contributed by atoms with Crippen molar-refractivity contribution >= 4 is 0 Å². The topological polar surface area (TPSA) is 68.9 Å². The van der Waals surface area contributed by atoms with E-state index in [0.717, 1.165) is 24.6 Å². The molecule has 2 fully saturated rings. The number of hydrogen-bond acceptors (Lipinski definition) is 5. The predicted octanol–water partition coefficient (Wildman–Crippen LogP) is 0.962. The summed E-state index contributed by atoms with van der Waals surface area (Å²) in [5.74, 6) is 3.24. The van der Waals surface area contributed by atoms with E-state index in [0.29, 0.717) is 24.0 Å². The maximum absolute atomic E-state index is 4.58. The van der Waals surface area contributed by atoms with Crippen molar-refractivity contribution in [2.24, 2.45) is 5.92 Å². The molecular formula is C13H24N6. The fourth-order valence-corrected chi connectivity index (χ4v) is 2.54. The average Bonchev–Trinajstić information content (AvgIpc) is 2.92. The minimum absolute atomic E-state index is 0.363. The van der Waals surface area contributed by atoms with Crippen LogP contribution in [0.1, 0.15) is 50.7 Å². The summed E-state index contributed by atoms with van der Waals surface area (Å²) in [4.78, 5) is 6.87. The monoisotopic (exact) mass is 264 g/mol. The molecule has 1 aromatic heterocycles. The maximum Gasteiger partial charge on any atom is 0.153 e. The number of nitrogens with zero attached hydrogens (tertiary/aromatic N) is 3. The van der Waals surface area contributed by atoms with Gasteiger partial charge in [0.05, 0.1) is 12.7 Å². The highest BCUT2D eigenvalue weighted by Gasteiger charge is 2.30. The fourth-order valence-electron chi connectivity index (χ4n) is 2.54. The van der Waals surface area contributed by atoms with Crippen LogP contribution in [0.5, 0.6) is 0 Å². The van der Waals surface area contributed by atoms with Gasteiger partial charge in [0.1, 0.15) is 5.82 Å². The smallest absolute Gasteiger partial charge is 0.153 e. The van der Waals surface area contributed by atoms with Crippen molar-refractivity contribution in [3.63, 3.8) is 0 Å². The van der Waals surface area contributed by atoms with Crippen LogP contribution in [0.4, 0.5) is 0 Å². The Morgan fingerprint density at radius 3 is 2.74 bits per heavy atom. The third kappa shape index (κ3) is 2.96. The molecule has 2 heterocycles. The molecule has 6 nitrogen and oxygen atoms in total. The van der Waals surface area contributed by atoms with E-state index in [1.807, 2.05) is 0 Å². The molecule has 0 bridgehead atoms. The summed E-state index contributed by atoms with van der Waals surface area (Å²) in [6, 6.07) is 0.546. The molecule has 106 valence electrons. The minimum Gasteiger partial charge on any atom is -0.283 e. The van der Waals surface area contributed by atoms with Crippen molar-refractivity contribution < 1.29 is 0 Å². The molecule has 2 aliphatic rings. The minimum atomic E-state index is 0.363. The number of nitrogens with one attached hydrogen (secondary N) is 3. The van der Waals surface area contributed by atoms with Gasteiger partial charge < -0.3 is 0 Å². The highest BCUT2D eigenvalue weighted by Crippen LogP contribution is 2.37. The molecule has 0 spiro atoms. The molecule has 2 atom stereocenters. The number of aromatic amines is 1. The van der Waals surface area contributed by atoms with E-state index < -0.39 is 0 Å². The van der Waals surface area contributed by atoms with Gasteiger partial charge in [0, 0.05) is 12.0 Å². The molecule has 2 unspecified atom stereocenters. The molecule has 1 aromatic rings. The zero-order valence-electron chi connectivity index (χ0n) is 12.0. The van der Waals surface area contributed by atoms with Crippen molar-refractivity contribution in [2.75, 3.05) is 7.05 Å². The van der Waals surface area contributed by atoms with Crippen molar-refractivity contribution in [2.45, 2.75) is 57.8 Å². The first-order valence-electron chi connectivity index (χ1n) is 7.26. The molecule has 1 saturated heterocycles. The number of H-pyrrole nitrogens is 1. The third-order valence-corrected chi connectivity index (χ3v) is 4.14. The predicted molar refractivity (Wildman–Crippen MR) is 73.1 cm³/mol. The summed E-state index contributed by atoms with van der Waals surface area (Å²) in [7, 11) is 2.13. The van der Waals surface area contributed by atoms with Crippen molar-refractivity contribution in [3.05, 3.63) is 11.6 Å². The number of hydrazine groups is 1. The van der Waals surface area contributed by atoms with Crippen LogP contribution in [-0.2, 0) is 6.54 Å². The quantitative estimate of drug-likeness (QED) is 0.739. The Labute approximate surface area is 114 Å². The summed E-state index contributed by atoms with van der Waals surface area (Å²) >= 11 is 0. The molecule has 0 amide bonds. The van der Waals surface area contributed by atoms with E-state index in [1.54, 1.807) is 0 Å². The van der Waals surface area contributed by atoms with Gasteiger partial charge in [0.25, 0.3) is 0 Å². The van der Waals surface area contributed by atoms with E-state index in [4.69, 9.17) is 0 Å². The first-order chi connectivity index (χ1) is 9.13. The highest BCUT2D eigenvalue weighted by molar-refractivity contribution is 5.05. The average molecular weight is 264 g/mol. The van der Waals surface area contributed by atoms with Gasteiger partial charge in [-0.25, -0.2) is 10.4 Å². The molecule has 6 heteroatoms. The lowest BCUT2D eigenvalue weighted by Gasteiger charge is -2.22. The summed E-state index contributed by atoms with van der Waals surface area (Å²) in [5.41, 5.74) is 6.73. The van der Waals surface area contributed by atoms with Gasteiger partial charge in [-0.15, -0.1) is 0 Å². The van der Waals surface area contributed by atoms with Crippen LogP contribution in [0.2, 0.25) is 0 Å². The molecule has 1 aliphatic carbocycles. The van der Waals surface area contributed by atoms with Crippen LogP contribution >= 0.6 is 0 Å². The third-order valence-electron chi connectivity index (χ3n) is 4.14. The lowest BCUT2D eigenvalue weighted by Crippen LogP contribution is -2.42. The molecule has 1 saturated carbocycles. The number of aromatic nitrogens is 3. The van der Waals surface area contributed by atoms with Crippen molar-refractivity contribution in [1.82, 2.24) is 30.9 Å². The number of rotatable bonds is 5. The van der Waals surface area contributed by atoms with Crippen LogP contribution in [0, 0.1) is 5.92 Å². The molecule has 0 aromatic carbocycles. The Balaban J connectivity index is 1.54. The Kier molecular flexibility index (Phi) is 3.56. The lowest BCUT2D eigenvalue weighted by atomic mass is 10.0. The van der Waals surface area contributed by atoms with Gasteiger partial charge in [0.15, 0.2) is 5.82 Å². The molecular weight excluding hydrogens is 240 g/mol. The lowest BCUT2D eigenvalue weighted by molar-refractivity contribution is 0.204. The van der Waals surface area contributed by atoms with Crippen molar-refractivity contribution in [3.8, 4) is 0 Å². The second-order valence-corrected chi connectivity index (χ2v) is 6.22. The number of hydrogen-bond donors (Lipinski definition) is 3. The SMILES string of the molecule is CC(C)C1CC(N(C)Cc2nc(C3CC3)n[nH]2)NN1. The van der Waals surface area contributed by atoms with Crippen molar-refractivity contribution in [1.29, 1.82) is 0 Å². The second kappa shape index (κ2) is 5.19. The molecule has 3 rings (SSSR count). The van der Waals surface area contributed by atoms with Crippen LogP contribution in [0.15, 0.2) is 0 Å². The summed E-state index contributed by atoms with van der Waals surface area (Å²) in [6.07, 6.45) is 3.98. The van der Waals surface area contributed by atoms with E-state index in [9.17, 15) is 0 Å². The van der Waals surface area contributed by atoms with Gasteiger partial charge in [-0.1, -0.05) is 13.8 Å². The molecule has 0 radical (unpaired) electrons. The standard InChI is InChI=1S/C13H24N6/c1-8(2)10-6-12(17-15-10)19(3)7-11-14-13(18-16-11)9-4-5-9/h8-10,12,15,17H,4-7H2,1-3H3,(H,14,16,18). The van der Waals surface area contributed by atoms with Crippen LogP contribution in [0.25, 0.3) is 0 Å². The fraction of sp³-hybridized carbons (Fsp3) is 0.846. The first kappa shape index (κ1) is 13.0. The van der Waals surface area contributed by atoms with E-state index in [1.165, 1.54) is 12.8 Å². The van der Waals surface area contributed by atoms with Gasteiger partial charge in [-0.2, -0.15) is 5.10 Å². The van der Waals surface area contributed by atoms with Gasteiger partial charge >= 0.3 is 0 Å². The summed E-state index contributed by atoms with van der Waals surface area (Å²) in [5, 5.41) is 7.37. The van der Waals surface area contributed by atoms with Gasteiger partial charge in [0.2, 0.25) is 0 Å². The largest absolute Gasteiger partial charge is 0.283 e. The molecule has 1 aliphatic heterocycles. The summed E-state index contributed by atoms with van der Waals surface area (Å²) in [6.45, 7) is 5.31. The summed E-state index contributed by atoms with van der Waals surface area (Å²) < 4.78 is 0. The Morgan fingerprint density at radius 1 is 1.32 bits per heavy atom. The molecule has 3 N–H and O–H groups in total. The van der Waals surface area contributed by atoms with Crippen LogP contribution < -0.4 is 10.9 Å². The van der Waals surface area contributed by atoms with Gasteiger partial charge in [-0.05, 0) is 32.2 Å². The first-order valence-corrected chi connectivity index (χ1v) is 7.26. The van der Waals surface area contributed by atoms with Crippen LogP contribution in [-0.4, -0.2) is 39.3 Å². The van der Waals surface area contributed by atoms with E-state index >= 15 is 0 Å². The zero-order chi connectivity index (χ0) is 13.4. The van der Waals surface area contributed by atoms with E-state index in [2.05, 4.69) is 51.8 Å². The van der Waals surface area contributed by atoms with Crippen LogP contribution in [0.3, 0.4) is 0 Å². The zero-order valence-corrected chi connectivity index (χ0v) is 12.0. The Bertz CT molecular complexity index is 425. The Hall–Kier alpha value is -0.980.